The molecule has 0 unspecified atom stereocenters. The lowest BCUT2D eigenvalue weighted by Gasteiger charge is -2.09. The fraction of sp³-hybridized carbons (Fsp3) is 0.263. The van der Waals surface area contributed by atoms with Gasteiger partial charge in [0.1, 0.15) is 10.2 Å². The van der Waals surface area contributed by atoms with E-state index in [-0.39, 0.29) is 23.4 Å². The first kappa shape index (κ1) is 18.8. The molecule has 0 saturated heterocycles. The Bertz CT molecular complexity index is 1080. The third-order valence-electron chi connectivity index (χ3n) is 4.05. The first-order chi connectivity index (χ1) is 12.8. The highest BCUT2D eigenvalue weighted by Gasteiger charge is 2.21. The maximum Gasteiger partial charge on any atom is 0.271 e. The summed E-state index contributed by atoms with van der Waals surface area (Å²) in [6, 6.07) is 6.80. The minimum atomic E-state index is -0.319. The minimum absolute atomic E-state index is 0.00351. The zero-order valence-electron chi connectivity index (χ0n) is 15.5. The summed E-state index contributed by atoms with van der Waals surface area (Å²) < 4.78 is 2.04. The number of nitrogens with zero attached hydrogens (tertiary/aromatic N) is 2. The zero-order chi connectivity index (χ0) is 19.7. The van der Waals surface area contributed by atoms with Gasteiger partial charge in [-0.15, -0.1) is 11.3 Å². The van der Waals surface area contributed by atoms with Crippen molar-refractivity contribution in [1.82, 2.24) is 9.55 Å². The molecule has 0 saturated carbocycles. The molecule has 2 amide bonds. The van der Waals surface area contributed by atoms with Gasteiger partial charge < -0.3 is 10.6 Å². The summed E-state index contributed by atoms with van der Waals surface area (Å²) in [6.07, 6.45) is 1.49. The summed E-state index contributed by atoms with van der Waals surface area (Å²) in [5, 5.41) is 5.49. The molecule has 2 aromatic heterocycles. The van der Waals surface area contributed by atoms with E-state index in [2.05, 4.69) is 15.6 Å². The molecule has 0 aliphatic heterocycles. The highest BCUT2D eigenvalue weighted by Crippen LogP contribution is 2.28. The Morgan fingerprint density at radius 2 is 1.70 bits per heavy atom. The van der Waals surface area contributed by atoms with Crippen LogP contribution in [-0.4, -0.2) is 21.4 Å². The van der Waals surface area contributed by atoms with Crippen LogP contribution in [0.4, 0.5) is 11.4 Å². The van der Waals surface area contributed by atoms with Gasteiger partial charge in [0, 0.05) is 29.2 Å². The number of anilines is 2. The van der Waals surface area contributed by atoms with Crippen LogP contribution in [0.2, 0.25) is 0 Å². The molecule has 140 valence electrons. The summed E-state index contributed by atoms with van der Waals surface area (Å²) in [4.78, 5) is 41.6. The Balaban J connectivity index is 1.92. The second-order valence-corrected chi connectivity index (χ2v) is 7.70. The number of rotatable bonds is 4. The topological polar surface area (TPSA) is 93.1 Å². The van der Waals surface area contributed by atoms with Crippen LogP contribution < -0.4 is 16.2 Å². The van der Waals surface area contributed by atoms with Gasteiger partial charge >= 0.3 is 0 Å². The third-order valence-corrected chi connectivity index (χ3v) is 5.13. The first-order valence-electron chi connectivity index (χ1n) is 8.47. The summed E-state index contributed by atoms with van der Waals surface area (Å²) >= 11 is 1.28. The predicted molar refractivity (Wildman–Crippen MR) is 108 cm³/mol. The van der Waals surface area contributed by atoms with Gasteiger partial charge in [-0.2, -0.15) is 0 Å². The molecule has 2 N–H and O–H groups in total. The van der Waals surface area contributed by atoms with Crippen LogP contribution in [0, 0.1) is 6.92 Å². The van der Waals surface area contributed by atoms with Gasteiger partial charge in [0.15, 0.2) is 0 Å². The number of benzene rings is 1. The molecule has 7 nitrogen and oxygen atoms in total. The number of aromatic nitrogens is 2. The van der Waals surface area contributed by atoms with E-state index in [4.69, 9.17) is 0 Å². The predicted octanol–water partition coefficient (Wildman–Crippen LogP) is 3.56. The van der Waals surface area contributed by atoms with E-state index in [9.17, 15) is 14.4 Å². The van der Waals surface area contributed by atoms with Crippen molar-refractivity contribution >= 4 is 44.7 Å². The maximum absolute atomic E-state index is 12.8. The maximum atomic E-state index is 12.8. The van der Waals surface area contributed by atoms with E-state index in [1.165, 1.54) is 24.6 Å². The molecule has 0 aliphatic rings. The Morgan fingerprint density at radius 3 is 2.26 bits per heavy atom. The van der Waals surface area contributed by atoms with Gasteiger partial charge in [-0.3, -0.25) is 19.0 Å². The monoisotopic (exact) mass is 384 g/mol. The molecule has 8 heteroatoms. The highest BCUT2D eigenvalue weighted by atomic mass is 32.1. The van der Waals surface area contributed by atoms with Gasteiger partial charge in [0.25, 0.3) is 11.5 Å². The number of nitrogens with one attached hydrogen (secondary N) is 2. The Morgan fingerprint density at radius 1 is 1.11 bits per heavy atom. The van der Waals surface area contributed by atoms with Crippen LogP contribution in [0.25, 0.3) is 10.2 Å². The molecule has 3 rings (SSSR count). The van der Waals surface area contributed by atoms with Crippen molar-refractivity contribution in [2.45, 2.75) is 33.7 Å². The van der Waals surface area contributed by atoms with Crippen LogP contribution in [0.15, 0.2) is 35.4 Å². The molecule has 3 aromatic rings. The van der Waals surface area contributed by atoms with Crippen molar-refractivity contribution in [1.29, 1.82) is 0 Å². The Labute approximate surface area is 160 Å². The number of hydrogen-bond donors (Lipinski definition) is 2. The van der Waals surface area contributed by atoms with Gasteiger partial charge in [0.2, 0.25) is 5.91 Å². The fourth-order valence-electron chi connectivity index (χ4n) is 2.76. The van der Waals surface area contributed by atoms with Gasteiger partial charge in [-0.25, -0.2) is 4.98 Å². The second-order valence-electron chi connectivity index (χ2n) is 6.47. The molecule has 1 aromatic carbocycles. The van der Waals surface area contributed by atoms with Crippen LogP contribution in [-0.2, 0) is 4.79 Å². The van der Waals surface area contributed by atoms with Crippen molar-refractivity contribution in [2.75, 3.05) is 10.6 Å². The molecule has 0 aliphatic carbocycles. The molecule has 0 radical (unpaired) electrons. The average molecular weight is 384 g/mol. The third kappa shape index (κ3) is 3.75. The van der Waals surface area contributed by atoms with Gasteiger partial charge in [-0.05, 0) is 45.0 Å². The van der Waals surface area contributed by atoms with Crippen LogP contribution >= 0.6 is 11.3 Å². The number of thiophene rings is 1. The number of hydrogen-bond acceptors (Lipinski definition) is 5. The lowest BCUT2D eigenvalue weighted by molar-refractivity contribution is -0.114. The van der Waals surface area contributed by atoms with Crippen molar-refractivity contribution in [3.63, 3.8) is 0 Å². The first-order valence-corrected chi connectivity index (χ1v) is 9.28. The van der Waals surface area contributed by atoms with E-state index in [1.807, 2.05) is 13.8 Å². The summed E-state index contributed by atoms with van der Waals surface area (Å²) in [6.45, 7) is 7.06. The molecule has 0 bridgehead atoms. The smallest absolute Gasteiger partial charge is 0.271 e. The number of aryl methyl sites for hydroxylation is 1. The van der Waals surface area contributed by atoms with E-state index < -0.39 is 0 Å². The Kier molecular flexibility index (Phi) is 5.09. The quantitative estimate of drug-likeness (QED) is 0.719. The summed E-state index contributed by atoms with van der Waals surface area (Å²) in [5.41, 5.74) is 1.93. The van der Waals surface area contributed by atoms with E-state index in [0.717, 1.165) is 4.88 Å². The number of fused-ring (bicyclic) bond motifs is 1. The summed E-state index contributed by atoms with van der Waals surface area (Å²) in [7, 11) is 0. The van der Waals surface area contributed by atoms with Crippen molar-refractivity contribution in [3.05, 3.63) is 51.4 Å². The van der Waals surface area contributed by atoms with E-state index in [0.29, 0.717) is 27.2 Å². The Hall–Kier alpha value is -3.00. The SMILES string of the molecule is CC(=O)Nc1ccc(NC(=O)c2c(C)sc3c(=O)n(C(C)C)cnc23)cc1. The van der Waals surface area contributed by atoms with Crippen molar-refractivity contribution in [2.24, 2.45) is 0 Å². The molecule has 0 spiro atoms. The molecule has 0 atom stereocenters. The summed E-state index contributed by atoms with van der Waals surface area (Å²) in [5.74, 6) is -0.481. The molecule has 0 fully saturated rings. The van der Waals surface area contributed by atoms with Crippen molar-refractivity contribution in [3.8, 4) is 0 Å². The van der Waals surface area contributed by atoms with E-state index in [1.54, 1.807) is 35.8 Å². The molecular formula is C19H20N4O3S. The van der Waals surface area contributed by atoms with Crippen LogP contribution in [0.5, 0.6) is 0 Å². The lowest BCUT2D eigenvalue weighted by atomic mass is 10.2. The highest BCUT2D eigenvalue weighted by molar-refractivity contribution is 7.19. The van der Waals surface area contributed by atoms with Crippen molar-refractivity contribution < 1.29 is 9.59 Å². The van der Waals surface area contributed by atoms with E-state index >= 15 is 0 Å². The molecule has 27 heavy (non-hydrogen) atoms. The second kappa shape index (κ2) is 7.32. The number of carbonyl (C=O) groups is 2. The fourth-order valence-corrected chi connectivity index (χ4v) is 3.80. The zero-order valence-corrected chi connectivity index (χ0v) is 16.3. The molecule has 2 heterocycles. The normalized spacial score (nSPS) is 11.0. The van der Waals surface area contributed by atoms with Crippen LogP contribution in [0.3, 0.4) is 0 Å². The standard InChI is InChI=1S/C19H20N4O3S/c1-10(2)23-9-20-16-15(11(3)27-17(16)19(23)26)18(25)22-14-7-5-13(6-8-14)21-12(4)24/h5-10H,1-4H3,(H,21,24)(H,22,25). The lowest BCUT2D eigenvalue weighted by Crippen LogP contribution is -2.22. The number of amides is 2. The molecular weight excluding hydrogens is 364 g/mol. The van der Waals surface area contributed by atoms with Gasteiger partial charge in [-0.1, -0.05) is 0 Å². The van der Waals surface area contributed by atoms with Gasteiger partial charge in [0.05, 0.1) is 11.9 Å². The van der Waals surface area contributed by atoms with Crippen LogP contribution in [0.1, 0.15) is 42.0 Å². The minimum Gasteiger partial charge on any atom is -0.326 e. The number of carbonyl (C=O) groups excluding carboxylic acids is 2. The average Bonchev–Trinajstić information content (AvgIpc) is 2.93. The largest absolute Gasteiger partial charge is 0.326 e.